The van der Waals surface area contributed by atoms with Crippen molar-refractivity contribution in [2.45, 2.75) is 0 Å². The summed E-state index contributed by atoms with van der Waals surface area (Å²) in [6, 6.07) is 15.1. The Kier molecular flexibility index (Phi) is 5.19. The number of hydrogen-bond acceptors (Lipinski definition) is 3. The molecule has 4 nitrogen and oxygen atoms in total. The molecule has 0 radical (unpaired) electrons. The molecule has 0 atom stereocenters. The van der Waals surface area contributed by atoms with Crippen molar-refractivity contribution in [1.29, 1.82) is 0 Å². The van der Waals surface area contributed by atoms with Crippen molar-refractivity contribution >= 4 is 35.5 Å². The number of hydrogen-bond donors (Lipinski definition) is 1. The van der Waals surface area contributed by atoms with Gasteiger partial charge >= 0.3 is 0 Å². The second kappa shape index (κ2) is 6.92. The molecule has 0 saturated carbocycles. The van der Waals surface area contributed by atoms with E-state index in [-0.39, 0.29) is 19.0 Å². The highest BCUT2D eigenvalue weighted by atomic mass is 35.5. The van der Waals surface area contributed by atoms with Crippen LogP contribution in [0.1, 0.15) is 5.56 Å². The molecule has 1 aliphatic rings. The summed E-state index contributed by atoms with van der Waals surface area (Å²) in [5.74, 6) is 0.562. The highest BCUT2D eigenvalue weighted by Crippen LogP contribution is 2.15. The van der Waals surface area contributed by atoms with Crippen LogP contribution in [0.15, 0.2) is 58.5 Å². The Morgan fingerprint density at radius 2 is 1.91 bits per heavy atom. The molecule has 0 aromatic heterocycles. The Labute approximate surface area is 139 Å². The van der Waals surface area contributed by atoms with Gasteiger partial charge in [0.2, 0.25) is 0 Å². The van der Waals surface area contributed by atoms with E-state index in [1.807, 2.05) is 42.5 Å². The zero-order chi connectivity index (χ0) is 14.8. The van der Waals surface area contributed by atoms with Crippen LogP contribution < -0.4 is 10.6 Å². The van der Waals surface area contributed by atoms with E-state index in [1.165, 1.54) is 5.06 Å². The van der Waals surface area contributed by atoms with Crippen LogP contribution in [0.5, 0.6) is 0 Å². The molecule has 1 aliphatic heterocycles. The Morgan fingerprint density at radius 1 is 1.18 bits per heavy atom. The van der Waals surface area contributed by atoms with Crippen molar-refractivity contribution in [2.24, 2.45) is 9.98 Å². The van der Waals surface area contributed by atoms with Gasteiger partial charge in [-0.25, -0.2) is 10.1 Å². The predicted octanol–water partition coefficient (Wildman–Crippen LogP) is 2.27. The van der Waals surface area contributed by atoms with Gasteiger partial charge in [-0.2, -0.15) is 0 Å². The average Bonchev–Trinajstić information content (AvgIpc) is 2.63. The van der Waals surface area contributed by atoms with Crippen LogP contribution in [0.25, 0.3) is 5.70 Å². The summed E-state index contributed by atoms with van der Waals surface area (Å²) in [6.07, 6.45) is 0. The molecule has 1 N–H and O–H groups in total. The summed E-state index contributed by atoms with van der Waals surface area (Å²) >= 11 is 6.12. The average molecular weight is 336 g/mol. The van der Waals surface area contributed by atoms with E-state index in [1.54, 1.807) is 13.1 Å². The third kappa shape index (κ3) is 3.14. The van der Waals surface area contributed by atoms with Gasteiger partial charge in [0.1, 0.15) is 12.4 Å². The molecule has 2 aromatic rings. The normalized spacial score (nSPS) is 15.7. The predicted molar refractivity (Wildman–Crippen MR) is 90.3 cm³/mol. The second-order valence-electron chi connectivity index (χ2n) is 4.69. The van der Waals surface area contributed by atoms with Crippen LogP contribution in [-0.2, 0) is 0 Å². The van der Waals surface area contributed by atoms with Crippen molar-refractivity contribution in [1.82, 2.24) is 5.06 Å². The molecular formula is C16H15Cl2N3O. The maximum atomic E-state index is 10.5. The number of rotatable bonds is 1. The lowest BCUT2D eigenvalue weighted by molar-refractivity contribution is -0.0119. The van der Waals surface area contributed by atoms with Crippen LogP contribution in [0.3, 0.4) is 0 Å². The van der Waals surface area contributed by atoms with Gasteiger partial charge in [-0.1, -0.05) is 41.9 Å². The van der Waals surface area contributed by atoms with E-state index in [4.69, 9.17) is 11.6 Å². The smallest absolute Gasteiger partial charge is 0.145 e. The number of amidine groups is 1. The lowest BCUT2D eigenvalue weighted by Crippen LogP contribution is -2.31. The summed E-state index contributed by atoms with van der Waals surface area (Å²) in [5, 5.41) is 13.8. The van der Waals surface area contributed by atoms with Crippen LogP contribution >= 0.6 is 24.0 Å². The zero-order valence-electron chi connectivity index (χ0n) is 11.9. The molecule has 114 valence electrons. The van der Waals surface area contributed by atoms with Gasteiger partial charge in [0.05, 0.1) is 11.1 Å². The molecule has 0 bridgehead atoms. The first-order chi connectivity index (χ1) is 10.2. The first-order valence-corrected chi connectivity index (χ1v) is 6.93. The largest absolute Gasteiger partial charge is 0.288 e. The van der Waals surface area contributed by atoms with Gasteiger partial charge in [0.25, 0.3) is 0 Å². The SMILES string of the molecule is CN=C1CN(O)C(c2ccccc2)=c2cc(Cl)ccc2=N1.Cl. The minimum Gasteiger partial charge on any atom is -0.288 e. The minimum atomic E-state index is 0. The Morgan fingerprint density at radius 3 is 2.59 bits per heavy atom. The van der Waals surface area contributed by atoms with E-state index >= 15 is 0 Å². The summed E-state index contributed by atoms with van der Waals surface area (Å²) in [4.78, 5) is 8.60. The molecule has 1 heterocycles. The topological polar surface area (TPSA) is 48.2 Å². The number of hydroxylamine groups is 2. The van der Waals surface area contributed by atoms with Crippen molar-refractivity contribution in [3.63, 3.8) is 0 Å². The van der Waals surface area contributed by atoms with Gasteiger partial charge in [-0.15, -0.1) is 12.4 Å². The lowest BCUT2D eigenvalue weighted by Gasteiger charge is -2.19. The molecule has 0 amide bonds. The molecule has 0 aliphatic carbocycles. The van der Waals surface area contributed by atoms with E-state index in [9.17, 15) is 5.21 Å². The van der Waals surface area contributed by atoms with Gasteiger partial charge in [0.15, 0.2) is 0 Å². The first-order valence-electron chi connectivity index (χ1n) is 6.55. The second-order valence-corrected chi connectivity index (χ2v) is 5.12. The lowest BCUT2D eigenvalue weighted by atomic mass is 10.1. The molecule has 0 spiro atoms. The minimum absolute atomic E-state index is 0. The van der Waals surface area contributed by atoms with Gasteiger partial charge < -0.3 is 0 Å². The fourth-order valence-electron chi connectivity index (χ4n) is 2.34. The highest BCUT2D eigenvalue weighted by Gasteiger charge is 2.17. The third-order valence-corrected chi connectivity index (χ3v) is 3.55. The standard InChI is InChI=1S/C16H14ClN3O.ClH/c1-18-15-10-20(21)16(11-5-3-2-4-6-11)13-9-12(17)7-8-14(13)19-15;/h2-9,21H,10H2,1H3;1H. The van der Waals surface area contributed by atoms with Crippen molar-refractivity contribution < 1.29 is 5.21 Å². The summed E-state index contributed by atoms with van der Waals surface area (Å²) in [6.45, 7) is 0.229. The van der Waals surface area contributed by atoms with Crippen molar-refractivity contribution in [2.75, 3.05) is 13.6 Å². The van der Waals surface area contributed by atoms with Gasteiger partial charge in [-0.3, -0.25) is 10.2 Å². The van der Waals surface area contributed by atoms with Crippen molar-refractivity contribution in [3.8, 4) is 0 Å². The molecule has 0 fully saturated rings. The fraction of sp³-hybridized carbons (Fsp3) is 0.125. The highest BCUT2D eigenvalue weighted by molar-refractivity contribution is 6.30. The molecule has 22 heavy (non-hydrogen) atoms. The molecule has 0 unspecified atom stereocenters. The number of halogens is 2. The van der Waals surface area contributed by atoms with Gasteiger partial charge in [-0.05, 0) is 18.2 Å². The molecule has 6 heteroatoms. The van der Waals surface area contributed by atoms with Crippen molar-refractivity contribution in [3.05, 3.63) is 69.7 Å². The maximum absolute atomic E-state index is 10.5. The van der Waals surface area contributed by atoms with Crippen LogP contribution in [0, 0.1) is 0 Å². The third-order valence-electron chi connectivity index (χ3n) is 3.32. The molecule has 0 saturated heterocycles. The maximum Gasteiger partial charge on any atom is 0.145 e. The fourth-order valence-corrected chi connectivity index (χ4v) is 2.52. The number of benzene rings is 2. The molecule has 3 rings (SSSR count). The summed E-state index contributed by atoms with van der Waals surface area (Å²) in [5.41, 5.74) is 1.58. The quantitative estimate of drug-likeness (QED) is 0.869. The summed E-state index contributed by atoms with van der Waals surface area (Å²) in [7, 11) is 1.66. The van der Waals surface area contributed by atoms with Crippen LogP contribution in [0.2, 0.25) is 5.02 Å². The van der Waals surface area contributed by atoms with Gasteiger partial charge in [0, 0.05) is 22.9 Å². The monoisotopic (exact) mass is 335 g/mol. The number of fused-ring (bicyclic) bond motifs is 1. The first kappa shape index (κ1) is 16.5. The van der Waals surface area contributed by atoms with E-state index in [2.05, 4.69) is 9.98 Å². The number of aliphatic imine (C=N–C) groups is 1. The Bertz CT molecular complexity index is 819. The summed E-state index contributed by atoms with van der Waals surface area (Å²) < 4.78 is 0. The number of nitrogens with zero attached hydrogens (tertiary/aromatic N) is 3. The van der Waals surface area contributed by atoms with E-state index in [0.717, 1.165) is 16.1 Å². The van der Waals surface area contributed by atoms with E-state index in [0.29, 0.717) is 16.6 Å². The van der Waals surface area contributed by atoms with E-state index < -0.39 is 0 Å². The Balaban J connectivity index is 0.00000176. The Hall–Kier alpha value is -1.88. The van der Waals surface area contributed by atoms with Crippen LogP contribution in [0.4, 0.5) is 0 Å². The zero-order valence-corrected chi connectivity index (χ0v) is 13.5. The molecular weight excluding hydrogens is 321 g/mol. The van der Waals surface area contributed by atoms with Crippen LogP contribution in [-0.4, -0.2) is 29.7 Å². The molecule has 2 aromatic carbocycles.